The van der Waals surface area contributed by atoms with Gasteiger partial charge in [-0.3, -0.25) is 18.6 Å². The lowest BCUT2D eigenvalue weighted by atomic mass is 9.91. The van der Waals surface area contributed by atoms with Crippen LogP contribution in [0.25, 0.3) is 11.1 Å². The predicted octanol–water partition coefficient (Wildman–Crippen LogP) is 2.57. The highest BCUT2D eigenvalue weighted by molar-refractivity contribution is 7.71. The number of hydrogen-bond donors (Lipinski definition) is 5. The molecule has 39 heavy (non-hydrogen) atoms. The topological polar surface area (TPSA) is 190 Å². The highest BCUT2D eigenvalue weighted by Gasteiger charge is 2.46. The summed E-state index contributed by atoms with van der Waals surface area (Å²) in [6.45, 7) is -0.833. The second kappa shape index (κ2) is 10.6. The molecule has 2 unspecified atom stereocenters. The van der Waals surface area contributed by atoms with Gasteiger partial charge in [0.15, 0.2) is 6.23 Å². The average Bonchev–Trinajstić information content (AvgIpc) is 3.37. The Morgan fingerprint density at radius 2 is 1.56 bits per heavy atom. The van der Waals surface area contributed by atoms with E-state index >= 15 is 0 Å². The number of hydrogen-bond acceptors (Lipinski definition) is 10. The number of aliphatic hydroxyl groups is 2. The number of H-pyrrole nitrogens is 1. The Labute approximate surface area is 226 Å². The molecule has 2 aromatic carbocycles. The lowest BCUT2D eigenvalue weighted by molar-refractivity contribution is -0.0543. The van der Waals surface area contributed by atoms with Gasteiger partial charge in [-0.1, -0.05) is 60.7 Å². The molecule has 2 heterocycles. The Morgan fingerprint density at radius 3 is 2.15 bits per heavy atom. The molecule has 0 saturated carbocycles. The molecule has 5 rings (SSSR count). The fourth-order valence-electron chi connectivity index (χ4n) is 4.84. The minimum absolute atomic E-state index is 0.186. The summed E-state index contributed by atoms with van der Waals surface area (Å²) >= 11 is 5.51. The third kappa shape index (κ3) is 5.39. The number of aliphatic hydroxyl groups excluding tert-OH is 2. The molecule has 1 fully saturated rings. The van der Waals surface area contributed by atoms with Gasteiger partial charge in [0, 0.05) is 24.8 Å². The Morgan fingerprint density at radius 1 is 0.974 bits per heavy atom. The first kappa shape index (κ1) is 28.2. The van der Waals surface area contributed by atoms with Gasteiger partial charge in [-0.15, -0.1) is 0 Å². The molecule has 16 heteroatoms. The largest absolute Gasteiger partial charge is 0.481 e. The molecular weight excluding hydrogens is 574 g/mol. The van der Waals surface area contributed by atoms with Crippen LogP contribution in [-0.4, -0.2) is 61.6 Å². The number of benzene rings is 2. The first-order valence-corrected chi connectivity index (χ1v) is 14.9. The van der Waals surface area contributed by atoms with Crippen molar-refractivity contribution in [1.82, 2.24) is 9.55 Å². The molecule has 1 aromatic heterocycles. The zero-order valence-corrected chi connectivity index (χ0v) is 22.8. The van der Waals surface area contributed by atoms with Crippen molar-refractivity contribution in [3.63, 3.8) is 0 Å². The highest BCUT2D eigenvalue weighted by atomic mass is 32.1. The average molecular weight is 598 g/mol. The number of phosphoric acid groups is 2. The van der Waals surface area contributed by atoms with E-state index in [1.165, 1.54) is 6.20 Å². The second-order valence-corrected chi connectivity index (χ2v) is 12.5. The van der Waals surface area contributed by atoms with E-state index in [0.29, 0.717) is 5.56 Å². The van der Waals surface area contributed by atoms with Crippen molar-refractivity contribution in [2.75, 3.05) is 13.7 Å². The van der Waals surface area contributed by atoms with Gasteiger partial charge in [0.1, 0.15) is 23.0 Å². The van der Waals surface area contributed by atoms with E-state index in [4.69, 9.17) is 17.0 Å². The zero-order chi connectivity index (χ0) is 28.1. The summed E-state index contributed by atoms with van der Waals surface area (Å²) in [7, 11) is -9.21. The normalized spacial score (nSPS) is 25.6. The summed E-state index contributed by atoms with van der Waals surface area (Å²) in [4.78, 5) is 34.5. The SMILES string of the molecule is COP(=O)(O)OP(=O)(O)OC[C@H]1O[C@@H](n2cc(C3c4ccccc4-c4ccccc43)c(=S)[nH]c2=O)[C@H](O)[C@@H]1O. The van der Waals surface area contributed by atoms with Crippen molar-refractivity contribution in [1.29, 1.82) is 0 Å². The van der Waals surface area contributed by atoms with Crippen LogP contribution in [-0.2, 0) is 27.2 Å². The van der Waals surface area contributed by atoms with Crippen molar-refractivity contribution >= 4 is 27.9 Å². The van der Waals surface area contributed by atoms with Crippen molar-refractivity contribution in [3.05, 3.63) is 86.5 Å². The maximum Gasteiger partial charge on any atom is 0.481 e. The van der Waals surface area contributed by atoms with E-state index in [9.17, 15) is 33.9 Å². The molecule has 3 aromatic rings. The lowest BCUT2D eigenvalue weighted by Gasteiger charge is -2.21. The third-order valence-electron chi connectivity index (χ3n) is 6.59. The van der Waals surface area contributed by atoms with E-state index in [-0.39, 0.29) is 10.6 Å². The van der Waals surface area contributed by atoms with Gasteiger partial charge in [0.05, 0.1) is 6.61 Å². The molecule has 0 radical (unpaired) electrons. The van der Waals surface area contributed by atoms with Crippen LogP contribution in [0.15, 0.2) is 59.5 Å². The Bertz CT molecular complexity index is 1580. The van der Waals surface area contributed by atoms with Crippen LogP contribution in [0, 0.1) is 4.64 Å². The Hall–Kier alpha value is -2.32. The summed E-state index contributed by atoms with van der Waals surface area (Å²) in [5.41, 5.74) is 3.81. The summed E-state index contributed by atoms with van der Waals surface area (Å²) in [6, 6.07) is 15.6. The molecule has 5 N–H and O–H groups in total. The summed E-state index contributed by atoms with van der Waals surface area (Å²) < 4.78 is 43.1. The number of phosphoric ester groups is 2. The molecule has 1 aliphatic heterocycles. The Kier molecular flexibility index (Phi) is 7.66. The smallest absolute Gasteiger partial charge is 0.387 e. The third-order valence-corrected chi connectivity index (χ3v) is 9.52. The molecular formula is C23H24N2O11P2S. The number of aromatic nitrogens is 2. The van der Waals surface area contributed by atoms with Gasteiger partial charge < -0.3 is 24.7 Å². The first-order valence-electron chi connectivity index (χ1n) is 11.5. The molecule has 0 spiro atoms. The van der Waals surface area contributed by atoms with Crippen LogP contribution in [0.5, 0.6) is 0 Å². The predicted molar refractivity (Wildman–Crippen MR) is 138 cm³/mol. The molecule has 1 saturated heterocycles. The maximum atomic E-state index is 12.9. The molecule has 13 nitrogen and oxygen atoms in total. The van der Waals surface area contributed by atoms with E-state index in [1.807, 2.05) is 48.5 Å². The van der Waals surface area contributed by atoms with Gasteiger partial charge in [-0.2, -0.15) is 4.31 Å². The molecule has 208 valence electrons. The first-order chi connectivity index (χ1) is 18.4. The van der Waals surface area contributed by atoms with Crippen molar-refractivity contribution in [2.45, 2.75) is 30.5 Å². The Balaban J connectivity index is 1.45. The fourth-order valence-corrected chi connectivity index (χ4v) is 6.93. The van der Waals surface area contributed by atoms with E-state index in [2.05, 4.69) is 18.3 Å². The van der Waals surface area contributed by atoms with E-state index in [1.54, 1.807) is 0 Å². The highest BCUT2D eigenvalue weighted by Crippen LogP contribution is 2.60. The monoisotopic (exact) mass is 598 g/mol. The number of nitrogens with one attached hydrogen (secondary N) is 1. The fraction of sp³-hybridized carbons (Fsp3) is 0.304. The summed E-state index contributed by atoms with van der Waals surface area (Å²) in [5.74, 6) is -0.331. The summed E-state index contributed by atoms with van der Waals surface area (Å²) in [5, 5.41) is 21.2. The molecule has 0 amide bonds. The summed E-state index contributed by atoms with van der Waals surface area (Å²) in [6.07, 6.45) is -4.71. The number of aromatic amines is 1. The van der Waals surface area contributed by atoms with Gasteiger partial charge in [-0.25, -0.2) is 13.9 Å². The van der Waals surface area contributed by atoms with E-state index < -0.39 is 52.5 Å². The van der Waals surface area contributed by atoms with Crippen LogP contribution in [0.2, 0.25) is 0 Å². The molecule has 1 aliphatic carbocycles. The van der Waals surface area contributed by atoms with Crippen LogP contribution >= 0.6 is 27.9 Å². The maximum absolute atomic E-state index is 12.9. The van der Waals surface area contributed by atoms with E-state index in [0.717, 1.165) is 33.9 Å². The molecule has 2 aliphatic rings. The molecule has 0 bridgehead atoms. The zero-order valence-electron chi connectivity index (χ0n) is 20.2. The number of rotatable bonds is 8. The van der Waals surface area contributed by atoms with Gasteiger partial charge in [0.2, 0.25) is 0 Å². The number of nitrogens with zero attached hydrogens (tertiary/aromatic N) is 1. The minimum atomic E-state index is -5.12. The van der Waals surface area contributed by atoms with Crippen LogP contribution in [0.1, 0.15) is 28.8 Å². The van der Waals surface area contributed by atoms with Crippen molar-refractivity contribution in [2.24, 2.45) is 0 Å². The van der Waals surface area contributed by atoms with Crippen molar-refractivity contribution < 1.29 is 47.2 Å². The van der Waals surface area contributed by atoms with Crippen molar-refractivity contribution in [3.8, 4) is 11.1 Å². The lowest BCUT2D eigenvalue weighted by Crippen LogP contribution is -2.36. The minimum Gasteiger partial charge on any atom is -0.387 e. The second-order valence-electron chi connectivity index (χ2n) is 8.90. The number of ether oxygens (including phenoxy) is 1. The van der Waals surface area contributed by atoms with Gasteiger partial charge in [-0.05, 0) is 22.3 Å². The number of fused-ring (bicyclic) bond motifs is 3. The van der Waals surface area contributed by atoms with Gasteiger partial charge in [0.25, 0.3) is 0 Å². The van der Waals surface area contributed by atoms with Crippen LogP contribution < -0.4 is 5.69 Å². The standard InChI is InChI=1S/C23H24N2O11P2S/c1-33-37(29,30)36-38(31,32)34-11-17-19(26)20(27)22(35-17)25-10-16(21(39)24-23(25)28)18-14-8-4-2-6-12(14)13-7-3-5-9-15(13)18/h2-10,17-20,22,26-27H,11H2,1H3,(H,29,30)(H,31,32)(H,24,28,39)/t17-,19-,20-,22-/m1/s1. The quantitative estimate of drug-likeness (QED) is 0.147. The molecule has 6 atom stereocenters. The van der Waals surface area contributed by atoms with Gasteiger partial charge >= 0.3 is 21.3 Å². The van der Waals surface area contributed by atoms with Crippen LogP contribution in [0.3, 0.4) is 0 Å². The van der Waals surface area contributed by atoms with Crippen LogP contribution in [0.4, 0.5) is 0 Å².